The number of ether oxygens (including phenoxy) is 1. The summed E-state index contributed by atoms with van der Waals surface area (Å²) in [4.78, 5) is 14.6. The van der Waals surface area contributed by atoms with Crippen LogP contribution < -0.4 is 0 Å². The predicted octanol–water partition coefficient (Wildman–Crippen LogP) is 5.11. The van der Waals surface area contributed by atoms with Crippen LogP contribution >= 0.6 is 46.4 Å². The smallest absolute Gasteiger partial charge is 0.258 e. The number of hydrogen-bond acceptors (Lipinski definition) is 3. The first-order valence-electron chi connectivity index (χ1n) is 8.42. The molecule has 0 bridgehead atoms. The highest BCUT2D eigenvalue weighted by Gasteiger charge is 2.57. The van der Waals surface area contributed by atoms with E-state index in [-0.39, 0.29) is 44.4 Å². The van der Waals surface area contributed by atoms with Gasteiger partial charge in [-0.15, -0.1) is 0 Å². The van der Waals surface area contributed by atoms with Gasteiger partial charge in [0.25, 0.3) is 5.91 Å². The van der Waals surface area contributed by atoms with E-state index in [9.17, 15) is 9.90 Å². The standard InChI is InChI=1S/C19H15Cl4NO3/c20-14-12-13(15(21)17(23)16(14)22)19(26)11(10-5-2-1-3-6-10)9-27-8-4-7-24(19)18(12)25/h1-3,5-6,11,26H,4,7-9H2/t11-,19+/m0/s1. The summed E-state index contributed by atoms with van der Waals surface area (Å²) in [5.74, 6) is -0.990. The number of carbonyl (C=O) groups is 1. The molecule has 2 aromatic carbocycles. The van der Waals surface area contributed by atoms with Crippen molar-refractivity contribution in [3.05, 3.63) is 67.1 Å². The minimum absolute atomic E-state index is 0.000955. The average Bonchev–Trinajstić information content (AvgIpc) is 2.87. The third-order valence-corrected chi connectivity index (χ3v) is 6.95. The summed E-state index contributed by atoms with van der Waals surface area (Å²) in [5.41, 5.74) is -0.650. The maximum absolute atomic E-state index is 13.2. The van der Waals surface area contributed by atoms with Gasteiger partial charge < -0.3 is 14.7 Å². The van der Waals surface area contributed by atoms with E-state index >= 15 is 0 Å². The SMILES string of the molecule is O=C1c2c(Cl)c(Cl)c(Cl)c(Cl)c2[C@]2(O)[C@H](c3ccccc3)COCCCN12. The zero-order chi connectivity index (χ0) is 19.3. The van der Waals surface area contributed by atoms with Gasteiger partial charge in [0.2, 0.25) is 0 Å². The largest absolute Gasteiger partial charge is 0.381 e. The normalized spacial score (nSPS) is 25.0. The molecular weight excluding hydrogens is 432 g/mol. The van der Waals surface area contributed by atoms with Crippen LogP contribution in [0.1, 0.15) is 33.8 Å². The molecule has 2 aromatic rings. The fourth-order valence-corrected chi connectivity index (χ4v) is 4.97. The first-order chi connectivity index (χ1) is 12.9. The lowest BCUT2D eigenvalue weighted by Crippen LogP contribution is -2.51. The van der Waals surface area contributed by atoms with Gasteiger partial charge in [0.15, 0.2) is 5.72 Å². The molecule has 0 aromatic heterocycles. The Balaban J connectivity index is 2.03. The van der Waals surface area contributed by atoms with E-state index in [4.69, 9.17) is 51.1 Å². The van der Waals surface area contributed by atoms with Gasteiger partial charge in [-0.25, -0.2) is 0 Å². The quantitative estimate of drug-likeness (QED) is 0.489. The van der Waals surface area contributed by atoms with Gasteiger partial charge in [-0.2, -0.15) is 0 Å². The molecule has 1 N–H and O–H groups in total. The molecule has 4 rings (SSSR count). The predicted molar refractivity (Wildman–Crippen MR) is 106 cm³/mol. The molecule has 0 aliphatic carbocycles. The molecule has 0 radical (unpaired) electrons. The molecule has 27 heavy (non-hydrogen) atoms. The van der Waals surface area contributed by atoms with Crippen molar-refractivity contribution in [2.45, 2.75) is 18.1 Å². The Hall–Kier alpha value is -1.01. The molecule has 2 atom stereocenters. The number of amides is 1. The summed E-state index contributed by atoms with van der Waals surface area (Å²) in [6.45, 7) is 0.968. The minimum atomic E-state index is -1.75. The Morgan fingerprint density at radius 1 is 1.04 bits per heavy atom. The lowest BCUT2D eigenvalue weighted by Gasteiger charge is -2.42. The molecule has 0 spiro atoms. The summed E-state index contributed by atoms with van der Waals surface area (Å²) >= 11 is 25.3. The average molecular weight is 447 g/mol. The molecule has 2 aliphatic rings. The van der Waals surface area contributed by atoms with Crippen LogP contribution in [0.4, 0.5) is 0 Å². The van der Waals surface area contributed by atoms with Crippen LogP contribution in [-0.2, 0) is 10.5 Å². The van der Waals surface area contributed by atoms with Crippen molar-refractivity contribution in [1.82, 2.24) is 4.90 Å². The molecule has 0 unspecified atom stereocenters. The van der Waals surface area contributed by atoms with E-state index in [2.05, 4.69) is 0 Å². The Bertz CT molecular complexity index is 921. The lowest BCUT2D eigenvalue weighted by atomic mass is 9.83. The van der Waals surface area contributed by atoms with Crippen molar-refractivity contribution >= 4 is 52.3 Å². The first-order valence-corrected chi connectivity index (χ1v) is 9.93. The van der Waals surface area contributed by atoms with E-state index in [1.54, 1.807) is 0 Å². The Kier molecular flexibility index (Phi) is 5.08. The second-order valence-electron chi connectivity index (χ2n) is 6.58. The summed E-state index contributed by atoms with van der Waals surface area (Å²) < 4.78 is 5.76. The summed E-state index contributed by atoms with van der Waals surface area (Å²) in [6, 6.07) is 9.36. The lowest BCUT2D eigenvalue weighted by molar-refractivity contribution is -0.132. The molecule has 142 valence electrons. The van der Waals surface area contributed by atoms with Crippen molar-refractivity contribution in [3.8, 4) is 0 Å². The Morgan fingerprint density at radius 3 is 2.41 bits per heavy atom. The van der Waals surface area contributed by atoms with Gasteiger partial charge in [-0.3, -0.25) is 4.79 Å². The van der Waals surface area contributed by atoms with E-state index in [0.29, 0.717) is 13.0 Å². The summed E-state index contributed by atoms with van der Waals surface area (Å²) in [5, 5.41) is 12.0. The van der Waals surface area contributed by atoms with E-state index in [1.807, 2.05) is 30.3 Å². The molecule has 8 heteroatoms. The van der Waals surface area contributed by atoms with Crippen LogP contribution in [-0.4, -0.2) is 35.7 Å². The number of nitrogens with zero attached hydrogens (tertiary/aromatic N) is 1. The van der Waals surface area contributed by atoms with Gasteiger partial charge in [0.1, 0.15) is 0 Å². The molecule has 1 fully saturated rings. The van der Waals surface area contributed by atoms with Crippen LogP contribution in [0.2, 0.25) is 20.1 Å². The van der Waals surface area contributed by atoms with Gasteiger partial charge in [-0.05, 0) is 12.0 Å². The number of aliphatic hydroxyl groups is 1. The molecule has 1 amide bonds. The number of rotatable bonds is 1. The fraction of sp³-hybridized carbons (Fsp3) is 0.316. The zero-order valence-corrected chi connectivity index (χ0v) is 17.0. The molecule has 2 heterocycles. The van der Waals surface area contributed by atoms with Crippen LogP contribution in [0.25, 0.3) is 0 Å². The van der Waals surface area contributed by atoms with Crippen molar-refractivity contribution in [1.29, 1.82) is 0 Å². The number of hydrogen-bond donors (Lipinski definition) is 1. The molecular formula is C19H15Cl4NO3. The molecule has 1 saturated heterocycles. The molecule has 4 nitrogen and oxygen atoms in total. The van der Waals surface area contributed by atoms with E-state index < -0.39 is 17.6 Å². The van der Waals surface area contributed by atoms with Crippen LogP contribution in [0, 0.1) is 0 Å². The number of benzene rings is 2. The third kappa shape index (κ3) is 2.78. The highest BCUT2D eigenvalue weighted by Crippen LogP contribution is 2.55. The highest BCUT2D eigenvalue weighted by molar-refractivity contribution is 6.53. The first kappa shape index (κ1) is 19.3. The van der Waals surface area contributed by atoms with Gasteiger partial charge in [-0.1, -0.05) is 76.7 Å². The van der Waals surface area contributed by atoms with Crippen molar-refractivity contribution in [2.75, 3.05) is 19.8 Å². The fourth-order valence-electron chi connectivity index (χ4n) is 3.89. The highest BCUT2D eigenvalue weighted by atomic mass is 35.5. The van der Waals surface area contributed by atoms with Crippen molar-refractivity contribution < 1.29 is 14.6 Å². The topological polar surface area (TPSA) is 49.8 Å². The molecule has 0 saturated carbocycles. The summed E-state index contributed by atoms with van der Waals surface area (Å²) in [7, 11) is 0. The van der Waals surface area contributed by atoms with E-state index in [0.717, 1.165) is 5.56 Å². The number of halogens is 4. The Labute approximate surface area is 176 Å². The minimum Gasteiger partial charge on any atom is -0.381 e. The van der Waals surface area contributed by atoms with Crippen LogP contribution in [0.5, 0.6) is 0 Å². The maximum atomic E-state index is 13.2. The van der Waals surface area contributed by atoms with Crippen molar-refractivity contribution in [2.24, 2.45) is 0 Å². The van der Waals surface area contributed by atoms with Gasteiger partial charge >= 0.3 is 0 Å². The Morgan fingerprint density at radius 2 is 1.70 bits per heavy atom. The number of fused-ring (bicyclic) bond motifs is 3. The van der Waals surface area contributed by atoms with Crippen molar-refractivity contribution in [3.63, 3.8) is 0 Å². The monoisotopic (exact) mass is 445 g/mol. The number of carbonyl (C=O) groups excluding carboxylic acids is 1. The van der Waals surface area contributed by atoms with Crippen LogP contribution in [0.15, 0.2) is 30.3 Å². The third-order valence-electron chi connectivity index (χ3n) is 5.15. The van der Waals surface area contributed by atoms with E-state index in [1.165, 1.54) is 4.90 Å². The maximum Gasteiger partial charge on any atom is 0.258 e. The summed E-state index contributed by atoms with van der Waals surface area (Å²) in [6.07, 6.45) is 0.570. The zero-order valence-electron chi connectivity index (χ0n) is 14.0. The second-order valence-corrected chi connectivity index (χ2v) is 8.09. The second kappa shape index (κ2) is 7.11. The van der Waals surface area contributed by atoms with Gasteiger partial charge in [0, 0.05) is 18.7 Å². The van der Waals surface area contributed by atoms with Crippen LogP contribution in [0.3, 0.4) is 0 Å². The van der Waals surface area contributed by atoms with Gasteiger partial charge in [0.05, 0.1) is 38.2 Å². The molecule has 2 aliphatic heterocycles.